The van der Waals surface area contributed by atoms with Crippen LogP contribution in [0.5, 0.6) is 5.88 Å². The Kier molecular flexibility index (Phi) is 3.60. The fourth-order valence-corrected chi connectivity index (χ4v) is 2.06. The van der Waals surface area contributed by atoms with Crippen molar-refractivity contribution in [3.63, 3.8) is 0 Å². The Balaban J connectivity index is 2.53. The maximum absolute atomic E-state index is 12.6. The van der Waals surface area contributed by atoms with Crippen molar-refractivity contribution in [3.8, 4) is 11.6 Å². The molecule has 0 unspecified atom stereocenters. The van der Waals surface area contributed by atoms with E-state index >= 15 is 0 Å². The number of alkyl halides is 3. The first-order valence-corrected chi connectivity index (χ1v) is 5.61. The molecular formula is C10H6Cl2F3N3O. The third-order valence-corrected chi connectivity index (χ3v) is 2.83. The molecule has 0 saturated carbocycles. The van der Waals surface area contributed by atoms with Crippen molar-refractivity contribution in [2.45, 2.75) is 6.18 Å². The third-order valence-electron chi connectivity index (χ3n) is 2.25. The summed E-state index contributed by atoms with van der Waals surface area (Å²) in [5.41, 5.74) is -0.828. The summed E-state index contributed by atoms with van der Waals surface area (Å²) in [6, 6.07) is 1.55. The second kappa shape index (κ2) is 4.90. The van der Waals surface area contributed by atoms with Crippen LogP contribution in [0.1, 0.15) is 5.56 Å². The van der Waals surface area contributed by atoms with Crippen molar-refractivity contribution in [1.29, 1.82) is 0 Å². The van der Waals surface area contributed by atoms with E-state index < -0.39 is 11.7 Å². The van der Waals surface area contributed by atoms with Crippen LogP contribution in [0.4, 0.5) is 13.2 Å². The Morgan fingerprint density at radius 1 is 1.21 bits per heavy atom. The number of rotatable bonds is 2. The molecule has 2 aromatic rings. The predicted octanol–water partition coefficient (Wildman–Crippen LogP) is 3.60. The summed E-state index contributed by atoms with van der Waals surface area (Å²) >= 11 is 11.6. The molecule has 0 aliphatic carbocycles. The molecule has 1 heterocycles. The van der Waals surface area contributed by atoms with E-state index in [0.29, 0.717) is 0 Å². The fraction of sp³-hybridized carbons (Fsp3) is 0.200. The van der Waals surface area contributed by atoms with Gasteiger partial charge in [-0.05, 0) is 12.1 Å². The molecule has 0 N–H and O–H groups in total. The molecule has 0 aliphatic heterocycles. The Morgan fingerprint density at radius 2 is 1.79 bits per heavy atom. The molecule has 102 valence electrons. The molecule has 19 heavy (non-hydrogen) atoms. The summed E-state index contributed by atoms with van der Waals surface area (Å²) in [5, 5.41) is 6.90. The Morgan fingerprint density at radius 3 is 2.21 bits per heavy atom. The van der Waals surface area contributed by atoms with Gasteiger partial charge in [0.05, 0.1) is 28.9 Å². The van der Waals surface area contributed by atoms with Gasteiger partial charge in [0, 0.05) is 0 Å². The van der Waals surface area contributed by atoms with Crippen LogP contribution in [0.25, 0.3) is 5.69 Å². The lowest BCUT2D eigenvalue weighted by Crippen LogP contribution is -2.07. The predicted molar refractivity (Wildman–Crippen MR) is 62.9 cm³/mol. The van der Waals surface area contributed by atoms with Gasteiger partial charge in [0.1, 0.15) is 5.69 Å². The summed E-state index contributed by atoms with van der Waals surface area (Å²) in [5.74, 6) is 0.187. The normalized spacial score (nSPS) is 11.7. The van der Waals surface area contributed by atoms with Crippen LogP contribution in [-0.2, 0) is 6.18 Å². The van der Waals surface area contributed by atoms with Crippen molar-refractivity contribution in [3.05, 3.63) is 33.9 Å². The molecule has 0 radical (unpaired) electrons. The SMILES string of the molecule is COc1cn(-c2c(Cl)cc(C(F)(F)F)cc2Cl)nn1. The smallest absolute Gasteiger partial charge is 0.416 e. The van der Waals surface area contributed by atoms with E-state index in [9.17, 15) is 13.2 Å². The summed E-state index contributed by atoms with van der Waals surface area (Å²) < 4.78 is 43.7. The van der Waals surface area contributed by atoms with Crippen molar-refractivity contribution in [2.24, 2.45) is 0 Å². The number of aromatic nitrogens is 3. The lowest BCUT2D eigenvalue weighted by atomic mass is 10.2. The van der Waals surface area contributed by atoms with Crippen LogP contribution in [0.3, 0.4) is 0 Å². The quantitative estimate of drug-likeness (QED) is 0.850. The molecule has 0 spiro atoms. The van der Waals surface area contributed by atoms with E-state index in [1.807, 2.05) is 0 Å². The Bertz CT molecular complexity index is 589. The molecule has 0 atom stereocenters. The summed E-state index contributed by atoms with van der Waals surface area (Å²) in [7, 11) is 1.38. The maximum atomic E-state index is 12.6. The molecule has 0 saturated heterocycles. The zero-order valence-electron chi connectivity index (χ0n) is 9.37. The van der Waals surface area contributed by atoms with Gasteiger partial charge < -0.3 is 4.74 Å². The first-order chi connectivity index (χ1) is 8.82. The number of hydrogen-bond acceptors (Lipinski definition) is 3. The van der Waals surface area contributed by atoms with E-state index in [2.05, 4.69) is 10.3 Å². The number of methoxy groups -OCH3 is 1. The Labute approximate surface area is 115 Å². The van der Waals surface area contributed by atoms with Gasteiger partial charge in [0.2, 0.25) is 0 Å². The molecule has 2 rings (SSSR count). The van der Waals surface area contributed by atoms with E-state index in [0.717, 1.165) is 16.8 Å². The first-order valence-electron chi connectivity index (χ1n) is 4.86. The monoisotopic (exact) mass is 311 g/mol. The average Bonchev–Trinajstić information content (AvgIpc) is 2.75. The van der Waals surface area contributed by atoms with E-state index in [1.54, 1.807) is 0 Å². The van der Waals surface area contributed by atoms with Crippen LogP contribution in [0.2, 0.25) is 10.0 Å². The van der Waals surface area contributed by atoms with Gasteiger partial charge in [0.25, 0.3) is 5.88 Å². The standard InChI is InChI=1S/C10H6Cl2F3N3O/c1-19-8-4-18(17-16-8)9-6(11)2-5(3-7(9)12)10(13,14)15/h2-4H,1H3. The average molecular weight is 312 g/mol. The molecule has 9 heteroatoms. The van der Waals surface area contributed by atoms with E-state index in [-0.39, 0.29) is 21.6 Å². The van der Waals surface area contributed by atoms with Crippen LogP contribution in [0, 0.1) is 0 Å². The molecule has 0 amide bonds. The summed E-state index contributed by atoms with van der Waals surface area (Å²) in [6.07, 6.45) is -3.17. The highest BCUT2D eigenvalue weighted by atomic mass is 35.5. The minimum Gasteiger partial charge on any atom is -0.479 e. The van der Waals surface area contributed by atoms with Crippen molar-refractivity contribution < 1.29 is 17.9 Å². The topological polar surface area (TPSA) is 39.9 Å². The van der Waals surface area contributed by atoms with Crippen LogP contribution < -0.4 is 4.74 Å². The zero-order chi connectivity index (χ0) is 14.2. The minimum atomic E-state index is -4.52. The van der Waals surface area contributed by atoms with Gasteiger partial charge in [-0.15, -0.1) is 0 Å². The number of halogens is 5. The van der Waals surface area contributed by atoms with Crippen molar-refractivity contribution in [1.82, 2.24) is 15.0 Å². The van der Waals surface area contributed by atoms with Gasteiger partial charge in [0.15, 0.2) is 0 Å². The van der Waals surface area contributed by atoms with E-state index in [4.69, 9.17) is 27.9 Å². The summed E-state index contributed by atoms with van der Waals surface area (Å²) in [4.78, 5) is 0. The van der Waals surface area contributed by atoms with Gasteiger partial charge >= 0.3 is 6.18 Å². The van der Waals surface area contributed by atoms with E-state index in [1.165, 1.54) is 13.3 Å². The second-order valence-electron chi connectivity index (χ2n) is 3.49. The fourth-order valence-electron chi connectivity index (χ4n) is 1.40. The number of nitrogens with zero attached hydrogens (tertiary/aromatic N) is 3. The van der Waals surface area contributed by atoms with Gasteiger partial charge in [-0.25, -0.2) is 4.68 Å². The zero-order valence-corrected chi connectivity index (χ0v) is 10.9. The van der Waals surface area contributed by atoms with Gasteiger partial charge in [-0.2, -0.15) is 13.2 Å². The number of benzene rings is 1. The second-order valence-corrected chi connectivity index (χ2v) is 4.31. The first kappa shape index (κ1) is 14.0. The highest BCUT2D eigenvalue weighted by Gasteiger charge is 2.32. The molecule has 0 aliphatic rings. The lowest BCUT2D eigenvalue weighted by Gasteiger charge is -2.11. The highest BCUT2D eigenvalue weighted by Crippen LogP contribution is 2.37. The molecule has 4 nitrogen and oxygen atoms in total. The van der Waals surface area contributed by atoms with Crippen LogP contribution in [0.15, 0.2) is 18.3 Å². The molecule has 0 fully saturated rings. The van der Waals surface area contributed by atoms with Crippen LogP contribution >= 0.6 is 23.2 Å². The van der Waals surface area contributed by atoms with Crippen molar-refractivity contribution >= 4 is 23.2 Å². The lowest BCUT2D eigenvalue weighted by molar-refractivity contribution is -0.137. The Hall–Kier alpha value is -1.47. The maximum Gasteiger partial charge on any atom is 0.416 e. The molecule has 0 bridgehead atoms. The van der Waals surface area contributed by atoms with Crippen LogP contribution in [-0.4, -0.2) is 22.1 Å². The van der Waals surface area contributed by atoms with Gasteiger partial charge in [-0.3, -0.25) is 0 Å². The minimum absolute atomic E-state index is 0.104. The largest absolute Gasteiger partial charge is 0.479 e. The summed E-state index contributed by atoms with van der Waals surface area (Å²) in [6.45, 7) is 0. The molecule has 1 aromatic heterocycles. The van der Waals surface area contributed by atoms with Crippen molar-refractivity contribution in [2.75, 3.05) is 7.11 Å². The van der Waals surface area contributed by atoms with Gasteiger partial charge in [-0.1, -0.05) is 33.5 Å². The number of hydrogen-bond donors (Lipinski definition) is 0. The molecule has 1 aromatic carbocycles. The third kappa shape index (κ3) is 2.76. The highest BCUT2D eigenvalue weighted by molar-refractivity contribution is 6.37. The molecular weight excluding hydrogens is 306 g/mol. The number of ether oxygens (including phenoxy) is 1.